The summed E-state index contributed by atoms with van der Waals surface area (Å²) >= 11 is 1.18. The van der Waals surface area contributed by atoms with Crippen molar-refractivity contribution in [2.75, 3.05) is 18.9 Å². The second-order valence-corrected chi connectivity index (χ2v) is 12.4. The number of carbonyl (C=O) groups is 4. The van der Waals surface area contributed by atoms with E-state index in [-0.39, 0.29) is 33.5 Å². The molecule has 13 heteroatoms. The number of sulfonamides is 1. The second kappa shape index (κ2) is 12.0. The van der Waals surface area contributed by atoms with Crippen molar-refractivity contribution in [1.29, 1.82) is 0 Å². The molecule has 4 amide bonds. The Morgan fingerprint density at radius 2 is 1.62 bits per heavy atom. The van der Waals surface area contributed by atoms with Crippen molar-refractivity contribution in [2.24, 2.45) is 0 Å². The van der Waals surface area contributed by atoms with Gasteiger partial charge in [0.2, 0.25) is 21.8 Å². The summed E-state index contributed by atoms with van der Waals surface area (Å²) in [6.07, 6.45) is 0.410. The number of hydrogen-bond donors (Lipinski definition) is 3. The van der Waals surface area contributed by atoms with Crippen LogP contribution in [-0.4, -0.2) is 54.8 Å². The maximum absolute atomic E-state index is 13.1. The zero-order chi connectivity index (χ0) is 29.0. The van der Waals surface area contributed by atoms with E-state index < -0.39 is 27.7 Å². The molecule has 0 spiro atoms. The van der Waals surface area contributed by atoms with Crippen molar-refractivity contribution < 1.29 is 27.6 Å². The maximum Gasteiger partial charge on any atom is 0.272 e. The molecule has 2 aromatic carbocycles. The number of hydrogen-bond acceptors (Lipinski definition) is 7. The van der Waals surface area contributed by atoms with Crippen molar-refractivity contribution in [3.05, 3.63) is 81.7 Å². The molecular formula is C27H29N5O6S2. The molecule has 0 bridgehead atoms. The summed E-state index contributed by atoms with van der Waals surface area (Å²) in [6.45, 7) is 3.63. The lowest BCUT2D eigenvalue weighted by molar-refractivity contribution is -0.129. The van der Waals surface area contributed by atoms with Gasteiger partial charge >= 0.3 is 0 Å². The van der Waals surface area contributed by atoms with Crippen LogP contribution in [-0.2, 0) is 39.1 Å². The van der Waals surface area contributed by atoms with Crippen LogP contribution in [0.3, 0.4) is 0 Å². The van der Waals surface area contributed by atoms with Gasteiger partial charge in [0.25, 0.3) is 11.8 Å². The minimum atomic E-state index is -3.80. The van der Waals surface area contributed by atoms with Crippen LogP contribution in [0.4, 0.5) is 5.00 Å². The van der Waals surface area contributed by atoms with Gasteiger partial charge < -0.3 is 10.2 Å². The molecule has 0 unspecified atom stereocenters. The van der Waals surface area contributed by atoms with Gasteiger partial charge in [-0.1, -0.05) is 30.3 Å². The van der Waals surface area contributed by atoms with Crippen LogP contribution < -0.4 is 16.2 Å². The third kappa shape index (κ3) is 6.38. The molecule has 0 atom stereocenters. The highest BCUT2D eigenvalue weighted by Gasteiger charge is 2.30. The number of rotatable bonds is 7. The Hall–Kier alpha value is -4.07. The molecule has 40 heavy (non-hydrogen) atoms. The SMILES string of the molecule is CC(=O)NNC(=O)c1c(NC(=O)c2ccc(S(=O)(=O)N(C)Cc3ccccc3)cc2)sc2c1CCN(C(C)=O)C2. The normalized spacial score (nSPS) is 12.9. The molecule has 1 aliphatic rings. The molecule has 0 saturated carbocycles. The van der Waals surface area contributed by atoms with Gasteiger partial charge in [0.05, 0.1) is 17.0 Å². The predicted molar refractivity (Wildman–Crippen MR) is 150 cm³/mol. The summed E-state index contributed by atoms with van der Waals surface area (Å²) in [7, 11) is -2.31. The van der Waals surface area contributed by atoms with E-state index >= 15 is 0 Å². The highest BCUT2D eigenvalue weighted by atomic mass is 32.2. The van der Waals surface area contributed by atoms with Crippen molar-refractivity contribution in [2.45, 2.75) is 38.3 Å². The molecule has 3 N–H and O–H groups in total. The number of carbonyl (C=O) groups excluding carboxylic acids is 4. The van der Waals surface area contributed by atoms with Crippen molar-refractivity contribution in [3.63, 3.8) is 0 Å². The lowest BCUT2D eigenvalue weighted by Gasteiger charge is -2.26. The number of amides is 4. The molecule has 2 heterocycles. The zero-order valence-corrected chi connectivity index (χ0v) is 23.8. The first kappa shape index (κ1) is 28.9. The van der Waals surface area contributed by atoms with Crippen LogP contribution in [0.15, 0.2) is 59.5 Å². The summed E-state index contributed by atoms with van der Waals surface area (Å²) in [5, 5.41) is 3.02. The van der Waals surface area contributed by atoms with E-state index in [1.165, 1.54) is 60.8 Å². The van der Waals surface area contributed by atoms with Gasteiger partial charge in [-0.05, 0) is 41.8 Å². The van der Waals surface area contributed by atoms with Gasteiger partial charge in [-0.25, -0.2) is 8.42 Å². The Kier molecular flexibility index (Phi) is 8.67. The van der Waals surface area contributed by atoms with Gasteiger partial charge in [-0.3, -0.25) is 30.0 Å². The van der Waals surface area contributed by atoms with Gasteiger partial charge in [-0.2, -0.15) is 4.31 Å². The first-order chi connectivity index (χ1) is 19.0. The molecule has 0 aliphatic carbocycles. The van der Waals surface area contributed by atoms with Gasteiger partial charge in [0, 0.05) is 44.4 Å². The minimum absolute atomic E-state index is 0.0359. The Labute approximate surface area is 236 Å². The summed E-state index contributed by atoms with van der Waals surface area (Å²) in [5.41, 5.74) is 6.53. The molecule has 1 aromatic heterocycles. The van der Waals surface area contributed by atoms with Crippen LogP contribution in [0.2, 0.25) is 0 Å². The summed E-state index contributed by atoms with van der Waals surface area (Å²) in [4.78, 5) is 51.8. The lowest BCUT2D eigenvalue weighted by Crippen LogP contribution is -2.41. The fraction of sp³-hybridized carbons (Fsp3) is 0.259. The van der Waals surface area contributed by atoms with E-state index in [4.69, 9.17) is 0 Å². The highest BCUT2D eigenvalue weighted by Crippen LogP contribution is 2.37. The molecule has 0 saturated heterocycles. The Balaban J connectivity index is 1.55. The smallest absolute Gasteiger partial charge is 0.272 e. The van der Waals surface area contributed by atoms with Crippen LogP contribution in [0.1, 0.15) is 50.6 Å². The van der Waals surface area contributed by atoms with Crippen molar-refractivity contribution in [3.8, 4) is 0 Å². The number of benzene rings is 2. The average molecular weight is 584 g/mol. The zero-order valence-electron chi connectivity index (χ0n) is 22.2. The number of fused-ring (bicyclic) bond motifs is 1. The quantitative estimate of drug-likeness (QED) is 0.365. The third-order valence-corrected chi connectivity index (χ3v) is 9.33. The third-order valence-electron chi connectivity index (χ3n) is 6.38. The molecule has 3 aromatic rings. The van der Waals surface area contributed by atoms with Crippen molar-refractivity contribution in [1.82, 2.24) is 20.1 Å². The summed E-state index contributed by atoms with van der Waals surface area (Å²) in [5.74, 6) is -1.70. The molecule has 0 radical (unpaired) electrons. The number of anilines is 1. The van der Waals surface area contributed by atoms with Gasteiger partial charge in [0.15, 0.2) is 0 Å². The lowest BCUT2D eigenvalue weighted by atomic mass is 10.0. The Bertz CT molecular complexity index is 1550. The fourth-order valence-corrected chi connectivity index (χ4v) is 6.68. The molecule has 1 aliphatic heterocycles. The van der Waals surface area contributed by atoms with E-state index in [1.54, 1.807) is 4.90 Å². The number of nitrogens with one attached hydrogen (secondary N) is 3. The summed E-state index contributed by atoms with van der Waals surface area (Å²) in [6, 6.07) is 14.7. The van der Waals surface area contributed by atoms with Crippen LogP contribution in [0, 0.1) is 0 Å². The maximum atomic E-state index is 13.1. The van der Waals surface area contributed by atoms with E-state index in [2.05, 4.69) is 16.2 Å². The largest absolute Gasteiger partial charge is 0.337 e. The minimum Gasteiger partial charge on any atom is -0.337 e. The standard InChI is InChI=1S/C27H29N5O6S2/c1-17(33)29-30-26(36)24-22-13-14-32(18(2)34)16-23(22)39-27(24)28-25(35)20-9-11-21(12-10-20)40(37,38)31(3)15-19-7-5-4-6-8-19/h4-12H,13-16H2,1-3H3,(H,28,35)(H,29,33)(H,30,36). The van der Waals surface area contributed by atoms with E-state index in [0.29, 0.717) is 25.1 Å². The average Bonchev–Trinajstić information content (AvgIpc) is 3.29. The van der Waals surface area contributed by atoms with Crippen LogP contribution >= 0.6 is 11.3 Å². The van der Waals surface area contributed by atoms with E-state index in [1.807, 2.05) is 30.3 Å². The summed E-state index contributed by atoms with van der Waals surface area (Å²) < 4.78 is 27.3. The Morgan fingerprint density at radius 1 is 0.950 bits per heavy atom. The van der Waals surface area contributed by atoms with E-state index in [0.717, 1.165) is 10.4 Å². The second-order valence-electron chi connectivity index (χ2n) is 9.26. The fourth-order valence-electron chi connectivity index (χ4n) is 4.27. The monoisotopic (exact) mass is 583 g/mol. The van der Waals surface area contributed by atoms with E-state index in [9.17, 15) is 27.6 Å². The van der Waals surface area contributed by atoms with Gasteiger partial charge in [-0.15, -0.1) is 11.3 Å². The van der Waals surface area contributed by atoms with Crippen LogP contribution in [0.5, 0.6) is 0 Å². The van der Waals surface area contributed by atoms with Crippen LogP contribution in [0.25, 0.3) is 0 Å². The molecular weight excluding hydrogens is 554 g/mol. The number of nitrogens with zero attached hydrogens (tertiary/aromatic N) is 2. The topological polar surface area (TPSA) is 145 Å². The predicted octanol–water partition coefficient (Wildman–Crippen LogP) is 2.51. The molecule has 4 rings (SSSR count). The first-order valence-electron chi connectivity index (χ1n) is 12.4. The first-order valence-corrected chi connectivity index (χ1v) is 14.6. The Morgan fingerprint density at radius 3 is 2.25 bits per heavy atom. The molecule has 0 fully saturated rings. The number of thiophene rings is 1. The van der Waals surface area contributed by atoms with Crippen molar-refractivity contribution >= 4 is 50.0 Å². The molecule has 210 valence electrons. The highest BCUT2D eigenvalue weighted by molar-refractivity contribution is 7.89. The molecule has 11 nitrogen and oxygen atoms in total. The van der Waals surface area contributed by atoms with Gasteiger partial charge in [0.1, 0.15) is 5.00 Å². The number of hydrazine groups is 1.